The number of nitrogens with one attached hydrogen (secondary N) is 1. The van der Waals surface area contributed by atoms with Gasteiger partial charge in [-0.05, 0) is 36.8 Å². The summed E-state index contributed by atoms with van der Waals surface area (Å²) < 4.78 is 5.61. The molecule has 0 aliphatic carbocycles. The molecule has 5 heteroatoms. The van der Waals surface area contributed by atoms with Crippen molar-refractivity contribution in [3.05, 3.63) is 51.7 Å². The van der Waals surface area contributed by atoms with E-state index in [2.05, 4.69) is 5.32 Å². The summed E-state index contributed by atoms with van der Waals surface area (Å²) in [6.45, 7) is 3.99. The topological polar surface area (TPSA) is 58.6 Å². The Balaban J connectivity index is 1.67. The van der Waals surface area contributed by atoms with Crippen LogP contribution < -0.4 is 10.1 Å². The quantitative estimate of drug-likeness (QED) is 0.770. The molecule has 1 aromatic carbocycles. The van der Waals surface area contributed by atoms with Gasteiger partial charge in [0, 0.05) is 18.0 Å². The first-order valence-electron chi connectivity index (χ1n) is 6.37. The Bertz CT molecular complexity index is 580. The van der Waals surface area contributed by atoms with Crippen LogP contribution in [0.2, 0.25) is 0 Å². The van der Waals surface area contributed by atoms with E-state index < -0.39 is 5.97 Å². The number of carbonyl (C=O) groups is 1. The highest BCUT2D eigenvalue weighted by Crippen LogP contribution is 2.16. The summed E-state index contributed by atoms with van der Waals surface area (Å²) in [5, 5.41) is 12.1. The van der Waals surface area contributed by atoms with Crippen LogP contribution in [0, 0.1) is 6.92 Å². The van der Waals surface area contributed by atoms with Gasteiger partial charge in [-0.15, -0.1) is 11.3 Å². The van der Waals surface area contributed by atoms with Crippen LogP contribution in [0.5, 0.6) is 5.75 Å². The molecule has 0 saturated carbocycles. The van der Waals surface area contributed by atoms with Crippen LogP contribution in [0.15, 0.2) is 36.4 Å². The molecular weight excluding hydrogens is 274 g/mol. The van der Waals surface area contributed by atoms with Crippen LogP contribution in [-0.4, -0.2) is 24.2 Å². The van der Waals surface area contributed by atoms with Crippen molar-refractivity contribution in [3.8, 4) is 5.75 Å². The number of carboxylic acids is 1. The van der Waals surface area contributed by atoms with Crippen molar-refractivity contribution in [2.75, 3.05) is 13.2 Å². The molecule has 1 aromatic heterocycles. The average molecular weight is 291 g/mol. The number of aromatic carboxylic acids is 1. The van der Waals surface area contributed by atoms with Gasteiger partial charge in [0.2, 0.25) is 0 Å². The molecule has 2 aromatic rings. The third-order valence-electron chi connectivity index (χ3n) is 2.71. The largest absolute Gasteiger partial charge is 0.492 e. The third-order valence-corrected chi connectivity index (χ3v) is 3.78. The van der Waals surface area contributed by atoms with E-state index in [9.17, 15) is 4.79 Å². The number of hydrogen-bond donors (Lipinski definition) is 2. The summed E-state index contributed by atoms with van der Waals surface area (Å²) >= 11 is 1.29. The van der Waals surface area contributed by atoms with Crippen molar-refractivity contribution in [1.82, 2.24) is 5.32 Å². The Labute approximate surface area is 122 Å². The molecule has 0 aliphatic rings. The molecule has 0 atom stereocenters. The third kappa shape index (κ3) is 4.36. The molecule has 2 N–H and O–H groups in total. The second kappa shape index (κ2) is 7.07. The maximum Gasteiger partial charge on any atom is 0.345 e. The summed E-state index contributed by atoms with van der Waals surface area (Å²) in [5.41, 5.74) is 1.18. The number of rotatable bonds is 7. The predicted octanol–water partition coefficient (Wildman–Crippen LogP) is 2.92. The highest BCUT2D eigenvalue weighted by Gasteiger charge is 2.06. The van der Waals surface area contributed by atoms with Gasteiger partial charge < -0.3 is 15.2 Å². The van der Waals surface area contributed by atoms with Gasteiger partial charge in [-0.2, -0.15) is 0 Å². The van der Waals surface area contributed by atoms with Gasteiger partial charge in [0.1, 0.15) is 17.2 Å². The SMILES string of the molecule is Cc1cccc(OCCNCc2ccc(C(=O)O)s2)c1. The molecule has 0 amide bonds. The molecule has 0 spiro atoms. The first-order chi connectivity index (χ1) is 9.65. The van der Waals surface area contributed by atoms with E-state index >= 15 is 0 Å². The van der Waals surface area contributed by atoms with Gasteiger partial charge in [-0.25, -0.2) is 4.79 Å². The second-order valence-corrected chi connectivity index (χ2v) is 5.58. The maximum atomic E-state index is 10.7. The van der Waals surface area contributed by atoms with Crippen LogP contribution in [0.4, 0.5) is 0 Å². The lowest BCUT2D eigenvalue weighted by Gasteiger charge is -2.07. The summed E-state index contributed by atoms with van der Waals surface area (Å²) in [5.74, 6) is 0.000109. The van der Waals surface area contributed by atoms with Gasteiger partial charge in [0.15, 0.2) is 0 Å². The zero-order valence-corrected chi connectivity index (χ0v) is 12.1. The Hall–Kier alpha value is -1.85. The van der Waals surface area contributed by atoms with Crippen molar-refractivity contribution in [1.29, 1.82) is 0 Å². The van der Waals surface area contributed by atoms with Gasteiger partial charge in [0.25, 0.3) is 0 Å². The Morgan fingerprint density at radius 1 is 1.35 bits per heavy atom. The van der Waals surface area contributed by atoms with Crippen molar-refractivity contribution >= 4 is 17.3 Å². The number of thiophene rings is 1. The van der Waals surface area contributed by atoms with Crippen molar-refractivity contribution in [3.63, 3.8) is 0 Å². The lowest BCUT2D eigenvalue weighted by Crippen LogP contribution is -2.20. The van der Waals surface area contributed by atoms with E-state index in [-0.39, 0.29) is 0 Å². The molecule has 2 rings (SSSR count). The summed E-state index contributed by atoms with van der Waals surface area (Å²) in [7, 11) is 0. The lowest BCUT2D eigenvalue weighted by molar-refractivity contribution is 0.0702. The van der Waals surface area contributed by atoms with E-state index in [1.807, 2.05) is 37.3 Å². The van der Waals surface area contributed by atoms with Crippen molar-refractivity contribution in [2.45, 2.75) is 13.5 Å². The second-order valence-electron chi connectivity index (χ2n) is 4.41. The van der Waals surface area contributed by atoms with Crippen molar-refractivity contribution in [2.24, 2.45) is 0 Å². The molecule has 0 unspecified atom stereocenters. The molecule has 0 aliphatic heterocycles. The zero-order valence-electron chi connectivity index (χ0n) is 11.3. The van der Waals surface area contributed by atoms with Gasteiger partial charge >= 0.3 is 5.97 Å². The van der Waals surface area contributed by atoms with Gasteiger partial charge in [0.05, 0.1) is 0 Å². The van der Waals surface area contributed by atoms with Crippen LogP contribution in [0.3, 0.4) is 0 Å². The van der Waals surface area contributed by atoms with Crippen molar-refractivity contribution < 1.29 is 14.6 Å². The fourth-order valence-electron chi connectivity index (χ4n) is 1.75. The number of benzene rings is 1. The molecule has 106 valence electrons. The number of hydrogen-bond acceptors (Lipinski definition) is 4. The summed E-state index contributed by atoms with van der Waals surface area (Å²) in [6, 6.07) is 11.4. The molecule has 0 saturated heterocycles. The van der Waals surface area contributed by atoms with E-state index in [4.69, 9.17) is 9.84 Å². The minimum atomic E-state index is -0.871. The number of carboxylic acid groups (broad SMARTS) is 1. The highest BCUT2D eigenvalue weighted by atomic mass is 32.1. The Morgan fingerprint density at radius 2 is 2.20 bits per heavy atom. The minimum absolute atomic E-state index is 0.373. The van der Waals surface area contributed by atoms with Gasteiger partial charge in [-0.3, -0.25) is 0 Å². The number of ether oxygens (including phenoxy) is 1. The first-order valence-corrected chi connectivity index (χ1v) is 7.19. The fourth-order valence-corrected chi connectivity index (χ4v) is 2.56. The Morgan fingerprint density at radius 3 is 2.90 bits per heavy atom. The van der Waals surface area contributed by atoms with Crippen LogP contribution >= 0.6 is 11.3 Å². The van der Waals surface area contributed by atoms with E-state index in [0.717, 1.165) is 10.6 Å². The lowest BCUT2D eigenvalue weighted by atomic mass is 10.2. The normalized spacial score (nSPS) is 10.4. The molecular formula is C15H17NO3S. The predicted molar refractivity (Wildman–Crippen MR) is 79.7 cm³/mol. The van der Waals surface area contributed by atoms with Gasteiger partial charge in [-0.1, -0.05) is 12.1 Å². The zero-order chi connectivity index (χ0) is 14.4. The monoisotopic (exact) mass is 291 g/mol. The van der Waals surface area contributed by atoms with E-state index in [1.165, 1.54) is 16.9 Å². The fraction of sp³-hybridized carbons (Fsp3) is 0.267. The molecule has 0 bridgehead atoms. The van der Waals surface area contributed by atoms with E-state index in [0.29, 0.717) is 24.6 Å². The maximum absolute atomic E-state index is 10.7. The first kappa shape index (κ1) is 14.6. The molecule has 0 fully saturated rings. The molecule has 1 heterocycles. The average Bonchev–Trinajstić information content (AvgIpc) is 2.87. The van der Waals surface area contributed by atoms with Crippen LogP contribution in [0.25, 0.3) is 0 Å². The smallest absolute Gasteiger partial charge is 0.345 e. The minimum Gasteiger partial charge on any atom is -0.492 e. The molecule has 20 heavy (non-hydrogen) atoms. The number of aryl methyl sites for hydroxylation is 1. The Kier molecular flexibility index (Phi) is 5.15. The van der Waals surface area contributed by atoms with E-state index in [1.54, 1.807) is 6.07 Å². The van der Waals surface area contributed by atoms with Crippen LogP contribution in [-0.2, 0) is 6.54 Å². The standard InChI is InChI=1S/C15H17NO3S/c1-11-3-2-4-12(9-11)19-8-7-16-10-13-5-6-14(20-13)15(17)18/h2-6,9,16H,7-8,10H2,1H3,(H,17,18). The highest BCUT2D eigenvalue weighted by molar-refractivity contribution is 7.13. The molecule has 0 radical (unpaired) electrons. The summed E-state index contributed by atoms with van der Waals surface area (Å²) in [6.07, 6.45) is 0. The molecule has 4 nitrogen and oxygen atoms in total. The van der Waals surface area contributed by atoms with Crippen LogP contribution in [0.1, 0.15) is 20.1 Å². The summed E-state index contributed by atoms with van der Waals surface area (Å²) in [4.78, 5) is 12.1.